The molecule has 5 nitrogen and oxygen atoms in total. The van der Waals surface area contributed by atoms with Crippen molar-refractivity contribution >= 4 is 28.9 Å². The van der Waals surface area contributed by atoms with Crippen molar-refractivity contribution in [3.8, 4) is 0 Å². The van der Waals surface area contributed by atoms with E-state index in [1.54, 1.807) is 6.07 Å². The van der Waals surface area contributed by atoms with Gasteiger partial charge in [0.15, 0.2) is 0 Å². The zero-order valence-electron chi connectivity index (χ0n) is 9.91. The molecule has 0 aliphatic carbocycles. The van der Waals surface area contributed by atoms with Crippen LogP contribution in [0.5, 0.6) is 0 Å². The molecule has 0 bridgehead atoms. The monoisotopic (exact) mass is 252 g/mol. The van der Waals surface area contributed by atoms with Crippen molar-refractivity contribution in [1.29, 1.82) is 0 Å². The van der Waals surface area contributed by atoms with Gasteiger partial charge < -0.3 is 16.4 Å². The Kier molecular flexibility index (Phi) is 4.84. The van der Waals surface area contributed by atoms with Crippen LogP contribution in [-0.2, 0) is 4.79 Å². The first-order valence-corrected chi connectivity index (χ1v) is 5.73. The van der Waals surface area contributed by atoms with Crippen LogP contribution < -0.4 is 16.4 Å². The standard InChI is InChI=1S/C11H16N4OS/c1-3-13-9(16)6-14-11-8(10(12)17)5-4-7(2)15-11/h4-5H,3,6H2,1-2H3,(H2,12,17)(H,13,16)(H,14,15). The molecule has 1 amide bonds. The fraction of sp³-hybridized carbons (Fsp3) is 0.364. The van der Waals surface area contributed by atoms with Gasteiger partial charge in [0.05, 0.1) is 12.1 Å². The first-order chi connectivity index (χ1) is 8.04. The molecule has 6 heteroatoms. The van der Waals surface area contributed by atoms with Gasteiger partial charge in [-0.1, -0.05) is 12.2 Å². The van der Waals surface area contributed by atoms with Crippen molar-refractivity contribution in [2.75, 3.05) is 18.4 Å². The molecule has 0 saturated carbocycles. The van der Waals surface area contributed by atoms with Crippen LogP contribution in [0.15, 0.2) is 12.1 Å². The van der Waals surface area contributed by atoms with E-state index in [1.165, 1.54) is 0 Å². The topological polar surface area (TPSA) is 80.0 Å². The second-order valence-corrected chi connectivity index (χ2v) is 3.96. The Morgan fingerprint density at radius 2 is 2.24 bits per heavy atom. The number of anilines is 1. The van der Waals surface area contributed by atoms with Gasteiger partial charge in [-0.3, -0.25) is 4.79 Å². The Morgan fingerprint density at radius 1 is 1.53 bits per heavy atom. The number of carbonyl (C=O) groups excluding carboxylic acids is 1. The molecule has 0 spiro atoms. The number of likely N-dealkylation sites (N-methyl/N-ethyl adjacent to an activating group) is 1. The quantitative estimate of drug-likeness (QED) is 0.668. The average molecular weight is 252 g/mol. The van der Waals surface area contributed by atoms with Gasteiger partial charge in [-0.25, -0.2) is 4.98 Å². The van der Waals surface area contributed by atoms with Crippen molar-refractivity contribution in [2.45, 2.75) is 13.8 Å². The summed E-state index contributed by atoms with van der Waals surface area (Å²) in [7, 11) is 0. The molecule has 0 aromatic carbocycles. The van der Waals surface area contributed by atoms with Crippen molar-refractivity contribution in [3.63, 3.8) is 0 Å². The molecule has 1 aromatic heterocycles. The normalized spacial score (nSPS) is 9.76. The Morgan fingerprint density at radius 3 is 2.82 bits per heavy atom. The summed E-state index contributed by atoms with van der Waals surface area (Å²) in [4.78, 5) is 15.8. The maximum atomic E-state index is 11.3. The van der Waals surface area contributed by atoms with Crippen LogP contribution >= 0.6 is 12.2 Å². The van der Waals surface area contributed by atoms with Gasteiger partial charge in [-0.05, 0) is 26.0 Å². The third-order valence-corrected chi connectivity index (χ3v) is 2.31. The minimum absolute atomic E-state index is 0.0929. The second-order valence-electron chi connectivity index (χ2n) is 3.52. The van der Waals surface area contributed by atoms with Crippen LogP contribution in [0.1, 0.15) is 18.2 Å². The lowest BCUT2D eigenvalue weighted by Crippen LogP contribution is -2.30. The lowest BCUT2D eigenvalue weighted by molar-refractivity contribution is -0.119. The van der Waals surface area contributed by atoms with Crippen molar-refractivity contribution in [1.82, 2.24) is 10.3 Å². The van der Waals surface area contributed by atoms with Gasteiger partial charge >= 0.3 is 0 Å². The Bertz CT molecular complexity index is 433. The molecular weight excluding hydrogens is 236 g/mol. The highest BCUT2D eigenvalue weighted by Gasteiger charge is 2.08. The predicted molar refractivity (Wildman–Crippen MR) is 72.0 cm³/mol. The van der Waals surface area contributed by atoms with Crippen LogP contribution in [0, 0.1) is 6.92 Å². The van der Waals surface area contributed by atoms with E-state index in [1.807, 2.05) is 19.9 Å². The fourth-order valence-corrected chi connectivity index (χ4v) is 1.48. The summed E-state index contributed by atoms with van der Waals surface area (Å²) in [6.07, 6.45) is 0. The van der Waals surface area contributed by atoms with Crippen LogP contribution in [-0.4, -0.2) is 29.0 Å². The molecule has 4 N–H and O–H groups in total. The number of nitrogens with zero attached hydrogens (tertiary/aromatic N) is 1. The third-order valence-electron chi connectivity index (χ3n) is 2.09. The van der Waals surface area contributed by atoms with E-state index in [2.05, 4.69) is 15.6 Å². The molecule has 1 rings (SSSR count). The molecule has 0 unspecified atom stereocenters. The highest BCUT2D eigenvalue weighted by molar-refractivity contribution is 7.80. The van der Waals surface area contributed by atoms with E-state index < -0.39 is 0 Å². The zero-order valence-corrected chi connectivity index (χ0v) is 10.7. The Hall–Kier alpha value is -1.69. The summed E-state index contributed by atoms with van der Waals surface area (Å²) in [5, 5.41) is 5.62. The summed E-state index contributed by atoms with van der Waals surface area (Å²) in [6, 6.07) is 3.62. The third kappa shape index (κ3) is 3.99. The first kappa shape index (κ1) is 13.4. The highest BCUT2D eigenvalue weighted by Crippen LogP contribution is 2.12. The summed E-state index contributed by atoms with van der Waals surface area (Å²) < 4.78 is 0. The number of hydrogen-bond donors (Lipinski definition) is 3. The number of amides is 1. The number of pyridine rings is 1. The first-order valence-electron chi connectivity index (χ1n) is 5.32. The summed E-state index contributed by atoms with van der Waals surface area (Å²) in [6.45, 7) is 4.48. The molecule has 0 saturated heterocycles. The van der Waals surface area contributed by atoms with E-state index in [0.717, 1.165) is 5.69 Å². The van der Waals surface area contributed by atoms with Gasteiger partial charge in [0.1, 0.15) is 10.8 Å². The fourth-order valence-electron chi connectivity index (χ4n) is 1.31. The van der Waals surface area contributed by atoms with Crippen molar-refractivity contribution < 1.29 is 4.79 Å². The molecule has 1 heterocycles. The maximum Gasteiger partial charge on any atom is 0.239 e. The smallest absolute Gasteiger partial charge is 0.239 e. The van der Waals surface area contributed by atoms with Crippen molar-refractivity contribution in [2.24, 2.45) is 5.73 Å². The van der Waals surface area contributed by atoms with Gasteiger partial charge in [-0.2, -0.15) is 0 Å². The predicted octanol–water partition coefficient (Wildman–Crippen LogP) is 0.572. The Labute approximate surface area is 106 Å². The van der Waals surface area contributed by atoms with E-state index >= 15 is 0 Å². The van der Waals surface area contributed by atoms with Gasteiger partial charge in [-0.15, -0.1) is 0 Å². The van der Waals surface area contributed by atoms with Crippen LogP contribution in [0.2, 0.25) is 0 Å². The van der Waals surface area contributed by atoms with Gasteiger partial charge in [0, 0.05) is 12.2 Å². The molecule has 0 aliphatic heterocycles. The number of rotatable bonds is 5. The second kappa shape index (κ2) is 6.15. The average Bonchev–Trinajstić information content (AvgIpc) is 2.26. The molecule has 92 valence electrons. The van der Waals surface area contributed by atoms with Crippen molar-refractivity contribution in [3.05, 3.63) is 23.4 Å². The number of carbonyl (C=O) groups is 1. The molecule has 1 aromatic rings. The Balaban J connectivity index is 2.78. The number of nitrogens with one attached hydrogen (secondary N) is 2. The summed E-state index contributed by atoms with van der Waals surface area (Å²) >= 11 is 4.92. The van der Waals surface area contributed by atoms with Crippen LogP contribution in [0.4, 0.5) is 5.82 Å². The maximum absolute atomic E-state index is 11.3. The largest absolute Gasteiger partial charge is 0.389 e. The van der Waals surface area contributed by atoms with E-state index in [4.69, 9.17) is 18.0 Å². The molecular formula is C11H16N4OS. The van der Waals surface area contributed by atoms with E-state index in [9.17, 15) is 4.79 Å². The number of thiocarbonyl (C=S) groups is 1. The minimum Gasteiger partial charge on any atom is -0.389 e. The minimum atomic E-state index is -0.0929. The molecule has 0 atom stereocenters. The molecule has 0 fully saturated rings. The zero-order chi connectivity index (χ0) is 12.8. The van der Waals surface area contributed by atoms with Crippen LogP contribution in [0.25, 0.3) is 0 Å². The SMILES string of the molecule is CCNC(=O)CNc1nc(C)ccc1C(N)=S. The molecule has 0 aliphatic rings. The number of nitrogens with two attached hydrogens (primary N) is 1. The number of hydrogen-bond acceptors (Lipinski definition) is 4. The number of aryl methyl sites for hydroxylation is 1. The molecule has 0 radical (unpaired) electrons. The molecule has 17 heavy (non-hydrogen) atoms. The number of aromatic nitrogens is 1. The summed E-state index contributed by atoms with van der Waals surface area (Å²) in [5.74, 6) is 0.452. The lowest BCUT2D eigenvalue weighted by Gasteiger charge is -2.10. The highest BCUT2D eigenvalue weighted by atomic mass is 32.1. The lowest BCUT2D eigenvalue weighted by atomic mass is 10.2. The van der Waals surface area contributed by atoms with E-state index in [0.29, 0.717) is 17.9 Å². The summed E-state index contributed by atoms with van der Waals surface area (Å²) in [5.41, 5.74) is 7.07. The van der Waals surface area contributed by atoms with E-state index in [-0.39, 0.29) is 17.4 Å². The van der Waals surface area contributed by atoms with Crippen LogP contribution in [0.3, 0.4) is 0 Å². The van der Waals surface area contributed by atoms with Gasteiger partial charge in [0.2, 0.25) is 5.91 Å². The van der Waals surface area contributed by atoms with Gasteiger partial charge in [0.25, 0.3) is 0 Å².